The number of halogens is 1. The maximum absolute atomic E-state index is 10.4. The Balaban J connectivity index is 2.06. The number of carbonyl (C=O) groups is 1. The Kier molecular flexibility index (Phi) is 3.66. The Morgan fingerprint density at radius 2 is 2.22 bits per heavy atom. The molecule has 0 aliphatic heterocycles. The summed E-state index contributed by atoms with van der Waals surface area (Å²) in [4.78, 5) is 10.4. The molecule has 0 radical (unpaired) electrons. The number of hydrogen-bond acceptors (Lipinski definition) is 4. The lowest BCUT2D eigenvalue weighted by atomic mass is 10.2. The molecule has 0 aliphatic rings. The average Bonchev–Trinajstić information content (AvgIpc) is 2.85. The lowest BCUT2D eigenvalue weighted by Crippen LogP contribution is -1.94. The van der Waals surface area contributed by atoms with Crippen molar-refractivity contribution >= 4 is 17.9 Å². The van der Waals surface area contributed by atoms with Gasteiger partial charge in [0.25, 0.3) is 0 Å². The second-order valence-electron chi connectivity index (χ2n) is 3.47. The molecule has 0 unspecified atom stereocenters. The van der Waals surface area contributed by atoms with E-state index >= 15 is 0 Å². The highest BCUT2D eigenvalue weighted by Gasteiger charge is 2.06. The highest BCUT2D eigenvalue weighted by molar-refractivity contribution is 6.32. The van der Waals surface area contributed by atoms with Crippen molar-refractivity contribution in [2.24, 2.45) is 0 Å². The smallest absolute Gasteiger partial charge is 0.185 e. The van der Waals surface area contributed by atoms with Gasteiger partial charge in [-0.3, -0.25) is 4.79 Å². The Morgan fingerprint density at radius 1 is 1.39 bits per heavy atom. The predicted octanol–water partition coefficient (Wildman–Crippen LogP) is 3.20. The van der Waals surface area contributed by atoms with E-state index in [0.29, 0.717) is 28.4 Å². The molecule has 0 saturated carbocycles. The maximum atomic E-state index is 10.4. The fourth-order valence-corrected chi connectivity index (χ4v) is 1.61. The molecule has 0 N–H and O–H groups in total. The molecule has 4 nitrogen and oxygen atoms in total. The van der Waals surface area contributed by atoms with E-state index in [9.17, 15) is 4.79 Å². The van der Waals surface area contributed by atoms with Crippen LogP contribution in [0.15, 0.2) is 34.7 Å². The Morgan fingerprint density at radius 3 is 2.83 bits per heavy atom. The fraction of sp³-hybridized carbons (Fsp3) is 0.0769. The summed E-state index contributed by atoms with van der Waals surface area (Å²) < 4.78 is 10.6. The lowest BCUT2D eigenvalue weighted by Gasteiger charge is -2.06. The molecule has 0 fully saturated rings. The van der Waals surface area contributed by atoms with Crippen LogP contribution < -0.4 is 4.74 Å². The van der Waals surface area contributed by atoms with Gasteiger partial charge in [-0.2, -0.15) is 5.26 Å². The van der Waals surface area contributed by atoms with Crippen molar-refractivity contribution in [3.63, 3.8) is 0 Å². The molecule has 90 valence electrons. The zero-order valence-corrected chi connectivity index (χ0v) is 9.98. The second-order valence-corrected chi connectivity index (χ2v) is 3.87. The summed E-state index contributed by atoms with van der Waals surface area (Å²) in [6.45, 7) is 0.166. The highest BCUT2D eigenvalue weighted by Crippen LogP contribution is 2.26. The van der Waals surface area contributed by atoms with Crippen LogP contribution in [0.2, 0.25) is 5.02 Å². The Hall–Kier alpha value is -2.25. The van der Waals surface area contributed by atoms with Gasteiger partial charge in [0.1, 0.15) is 18.1 Å². The third-order valence-electron chi connectivity index (χ3n) is 2.23. The topological polar surface area (TPSA) is 63.2 Å². The van der Waals surface area contributed by atoms with Gasteiger partial charge in [0, 0.05) is 0 Å². The minimum atomic E-state index is 0.166. The van der Waals surface area contributed by atoms with Crippen molar-refractivity contribution in [1.82, 2.24) is 0 Å². The Labute approximate surface area is 108 Å². The van der Waals surface area contributed by atoms with E-state index in [1.165, 1.54) is 6.07 Å². The van der Waals surface area contributed by atoms with Crippen molar-refractivity contribution in [3.8, 4) is 11.8 Å². The third-order valence-corrected chi connectivity index (χ3v) is 2.52. The summed E-state index contributed by atoms with van der Waals surface area (Å²) in [5.41, 5.74) is 0.466. The zero-order chi connectivity index (χ0) is 13.0. The highest BCUT2D eigenvalue weighted by atomic mass is 35.5. The molecule has 1 heterocycles. The molecule has 0 saturated heterocycles. The largest absolute Gasteiger partial charge is 0.484 e. The predicted molar refractivity (Wildman–Crippen MR) is 64.6 cm³/mol. The van der Waals surface area contributed by atoms with Crippen LogP contribution in [0.5, 0.6) is 5.75 Å². The lowest BCUT2D eigenvalue weighted by molar-refractivity contribution is 0.109. The molecule has 0 atom stereocenters. The Bertz CT molecular complexity index is 613. The first-order valence-corrected chi connectivity index (χ1v) is 5.47. The van der Waals surface area contributed by atoms with Gasteiger partial charge >= 0.3 is 0 Å². The van der Waals surface area contributed by atoms with Gasteiger partial charge in [-0.1, -0.05) is 11.6 Å². The molecule has 1 aromatic heterocycles. The summed E-state index contributed by atoms with van der Waals surface area (Å²) in [6.07, 6.45) is 0.623. The number of carbonyl (C=O) groups excluding carboxylic acids is 1. The van der Waals surface area contributed by atoms with E-state index in [0.717, 1.165) is 0 Å². The van der Waals surface area contributed by atoms with Crippen LogP contribution >= 0.6 is 11.6 Å². The van der Waals surface area contributed by atoms with Crippen LogP contribution in [0.4, 0.5) is 0 Å². The molecule has 0 amide bonds. The van der Waals surface area contributed by atoms with Crippen molar-refractivity contribution in [2.75, 3.05) is 0 Å². The summed E-state index contributed by atoms with van der Waals surface area (Å²) in [6, 6.07) is 9.95. The minimum absolute atomic E-state index is 0.166. The number of nitrogens with zero attached hydrogens (tertiary/aromatic N) is 1. The first-order chi connectivity index (χ1) is 8.72. The molecular formula is C13H8ClNO3. The summed E-state index contributed by atoms with van der Waals surface area (Å²) in [5, 5.41) is 9.05. The standard InChI is InChI=1S/C13H8ClNO3/c14-12-5-9(6-15)1-4-13(12)17-8-11-3-2-10(7-16)18-11/h1-5,7H,8H2. The molecule has 0 bridgehead atoms. The van der Waals surface area contributed by atoms with Gasteiger partial charge in [-0.15, -0.1) is 0 Å². The normalized spacial score (nSPS) is 9.78. The van der Waals surface area contributed by atoms with Crippen LogP contribution in [0.25, 0.3) is 0 Å². The van der Waals surface area contributed by atoms with Crippen LogP contribution in [-0.4, -0.2) is 6.29 Å². The SMILES string of the molecule is N#Cc1ccc(OCc2ccc(C=O)o2)c(Cl)c1. The second kappa shape index (κ2) is 5.39. The molecule has 5 heteroatoms. The van der Waals surface area contributed by atoms with Crippen molar-refractivity contribution in [1.29, 1.82) is 5.26 Å². The van der Waals surface area contributed by atoms with E-state index < -0.39 is 0 Å². The van der Waals surface area contributed by atoms with Crippen molar-refractivity contribution < 1.29 is 13.9 Å². The van der Waals surface area contributed by atoms with E-state index in [1.807, 2.05) is 6.07 Å². The monoisotopic (exact) mass is 261 g/mol. The van der Waals surface area contributed by atoms with E-state index in [4.69, 9.17) is 26.0 Å². The fourth-order valence-electron chi connectivity index (χ4n) is 1.37. The minimum Gasteiger partial charge on any atom is -0.484 e. The van der Waals surface area contributed by atoms with Crippen LogP contribution in [0.3, 0.4) is 0 Å². The molecule has 2 aromatic rings. The first-order valence-electron chi connectivity index (χ1n) is 5.09. The van der Waals surface area contributed by atoms with E-state index in [1.54, 1.807) is 24.3 Å². The van der Waals surface area contributed by atoms with Gasteiger partial charge in [-0.25, -0.2) is 0 Å². The molecular weight excluding hydrogens is 254 g/mol. The summed E-state index contributed by atoms with van der Waals surface area (Å²) in [5.74, 6) is 1.23. The summed E-state index contributed by atoms with van der Waals surface area (Å²) >= 11 is 5.94. The van der Waals surface area contributed by atoms with Crippen molar-refractivity contribution in [2.45, 2.75) is 6.61 Å². The van der Waals surface area contributed by atoms with E-state index in [2.05, 4.69) is 0 Å². The number of hydrogen-bond donors (Lipinski definition) is 0. The molecule has 1 aromatic carbocycles. The van der Waals surface area contributed by atoms with Gasteiger partial charge in [0.05, 0.1) is 16.7 Å². The number of rotatable bonds is 4. The zero-order valence-electron chi connectivity index (χ0n) is 9.22. The maximum Gasteiger partial charge on any atom is 0.185 e. The van der Waals surface area contributed by atoms with Crippen LogP contribution in [0, 0.1) is 11.3 Å². The number of ether oxygens (including phenoxy) is 1. The van der Waals surface area contributed by atoms with Gasteiger partial charge in [-0.05, 0) is 30.3 Å². The molecule has 18 heavy (non-hydrogen) atoms. The third kappa shape index (κ3) is 2.70. The van der Waals surface area contributed by atoms with Gasteiger partial charge in [0.15, 0.2) is 12.0 Å². The average molecular weight is 262 g/mol. The van der Waals surface area contributed by atoms with Gasteiger partial charge in [0.2, 0.25) is 0 Å². The van der Waals surface area contributed by atoms with Crippen LogP contribution in [0.1, 0.15) is 21.9 Å². The molecule has 0 spiro atoms. The number of furan rings is 1. The van der Waals surface area contributed by atoms with E-state index in [-0.39, 0.29) is 12.4 Å². The number of aldehydes is 1. The molecule has 2 rings (SSSR count). The van der Waals surface area contributed by atoms with Gasteiger partial charge < -0.3 is 9.15 Å². The molecule has 0 aliphatic carbocycles. The van der Waals surface area contributed by atoms with Crippen LogP contribution in [-0.2, 0) is 6.61 Å². The summed E-state index contributed by atoms with van der Waals surface area (Å²) in [7, 11) is 0. The number of nitriles is 1. The quantitative estimate of drug-likeness (QED) is 0.793. The first kappa shape index (κ1) is 12.2. The number of benzene rings is 1. The van der Waals surface area contributed by atoms with Crippen molar-refractivity contribution in [3.05, 3.63) is 52.4 Å².